The Morgan fingerprint density at radius 1 is 0.439 bits per heavy atom. The molecule has 326 valence electrons. The number of rotatable bonds is 20. The molecule has 8 nitrogen and oxygen atoms in total. The maximum absolute atomic E-state index is 11.6. The molecule has 0 saturated heterocycles. The molecule has 2 radical (unpaired) electrons. The number of hydrogen-bond donors (Lipinski definition) is 4. The minimum Gasteiger partial charge on any atom is -0.493 e. The van der Waals surface area contributed by atoms with E-state index in [2.05, 4.69) is 96.9 Å². The van der Waals surface area contributed by atoms with E-state index in [1.54, 1.807) is 0 Å². The molecular weight excluding hydrogens is 783 g/mol. The second kappa shape index (κ2) is 24.9. The molecule has 0 saturated carbocycles. The van der Waals surface area contributed by atoms with Crippen molar-refractivity contribution in [2.75, 3.05) is 13.2 Å². The summed E-state index contributed by atoms with van der Waals surface area (Å²) < 4.78 is 35.8. The van der Waals surface area contributed by atoms with Crippen molar-refractivity contribution in [1.82, 2.24) is 0 Å². The van der Waals surface area contributed by atoms with Crippen molar-refractivity contribution >= 4 is 52.9 Å². The predicted octanol–water partition coefficient (Wildman–Crippen LogP) is 13.0. The van der Waals surface area contributed by atoms with E-state index in [9.17, 15) is 28.7 Å². The molecule has 0 bridgehead atoms. The molecule has 0 aromatic heterocycles. The minimum absolute atomic E-state index is 0. The van der Waals surface area contributed by atoms with Gasteiger partial charge >= 0.3 is 15.2 Å². The van der Waals surface area contributed by atoms with Crippen molar-refractivity contribution in [2.24, 2.45) is 0 Å². The summed E-state index contributed by atoms with van der Waals surface area (Å²) in [6.45, 7) is 31.2. The van der Waals surface area contributed by atoms with Crippen LogP contribution in [0.3, 0.4) is 0 Å². The van der Waals surface area contributed by atoms with Crippen LogP contribution >= 0.6 is 15.2 Å². The smallest absolute Gasteiger partial charge is 0.329 e. The standard InChI is InChI=1S/2C23H41O4P.Ca/c2*1-8-9-10-11-12-13-14-27-21-19(22(2,3)4)15-18(17-28(24,25)26)16-20(21)23(5,6)7;/h2*15-16H,8-14,17H2,1-7H3,(H2,24,25,26);. The first-order valence-electron chi connectivity index (χ1n) is 21.2. The van der Waals surface area contributed by atoms with Crippen molar-refractivity contribution in [1.29, 1.82) is 0 Å². The molecule has 4 N–H and O–H groups in total. The molecule has 0 aliphatic heterocycles. The summed E-state index contributed by atoms with van der Waals surface area (Å²) in [5, 5.41) is 0. The van der Waals surface area contributed by atoms with Crippen molar-refractivity contribution in [3.05, 3.63) is 57.6 Å². The van der Waals surface area contributed by atoms with Crippen LogP contribution in [0.1, 0.15) is 207 Å². The van der Waals surface area contributed by atoms with Crippen LogP contribution in [0, 0.1) is 0 Å². The Kier molecular flexibility index (Phi) is 24.7. The maximum atomic E-state index is 11.6. The van der Waals surface area contributed by atoms with Crippen LogP contribution in [0.15, 0.2) is 24.3 Å². The first-order chi connectivity index (χ1) is 25.5. The molecule has 11 heteroatoms. The summed E-state index contributed by atoms with van der Waals surface area (Å²) in [5.41, 5.74) is 4.73. The molecule has 2 aromatic rings. The number of ether oxygens (including phenoxy) is 2. The molecule has 2 aromatic carbocycles. The van der Waals surface area contributed by atoms with Crippen LogP contribution in [-0.4, -0.2) is 70.5 Å². The minimum atomic E-state index is -4.13. The third-order valence-corrected chi connectivity index (χ3v) is 11.3. The normalized spacial score (nSPS) is 12.8. The predicted molar refractivity (Wildman–Crippen MR) is 243 cm³/mol. The van der Waals surface area contributed by atoms with Crippen LogP contribution < -0.4 is 9.47 Å². The molecule has 0 heterocycles. The first kappa shape index (κ1) is 56.6. The molecule has 0 atom stereocenters. The number of benzene rings is 2. The summed E-state index contributed by atoms with van der Waals surface area (Å²) in [6, 6.07) is 7.69. The van der Waals surface area contributed by atoms with Crippen molar-refractivity contribution < 1.29 is 38.2 Å². The van der Waals surface area contributed by atoms with Gasteiger partial charge in [-0.15, -0.1) is 0 Å². The average Bonchev–Trinajstić information content (AvgIpc) is 3.01. The Hall–Kier alpha value is -0.400. The Labute approximate surface area is 378 Å². The molecule has 0 amide bonds. The third kappa shape index (κ3) is 22.9. The van der Waals surface area contributed by atoms with E-state index < -0.39 is 15.2 Å². The van der Waals surface area contributed by atoms with Gasteiger partial charge in [0, 0.05) is 60.0 Å². The second-order valence-electron chi connectivity index (χ2n) is 19.9. The molecule has 2 rings (SSSR count). The molecule has 57 heavy (non-hydrogen) atoms. The van der Waals surface area contributed by atoms with Crippen molar-refractivity contribution in [3.63, 3.8) is 0 Å². The molecule has 0 fully saturated rings. The third-order valence-electron chi connectivity index (χ3n) is 9.80. The van der Waals surface area contributed by atoms with E-state index in [0.29, 0.717) is 24.3 Å². The van der Waals surface area contributed by atoms with Crippen LogP contribution in [0.4, 0.5) is 0 Å². The van der Waals surface area contributed by atoms with Gasteiger partial charge < -0.3 is 29.0 Å². The molecular formula is C46H82CaO8P2. The van der Waals surface area contributed by atoms with E-state index in [1.165, 1.54) is 64.2 Å². The summed E-state index contributed by atoms with van der Waals surface area (Å²) in [4.78, 5) is 37.9. The van der Waals surface area contributed by atoms with Gasteiger partial charge in [0.2, 0.25) is 0 Å². The van der Waals surface area contributed by atoms with Gasteiger partial charge in [0.25, 0.3) is 0 Å². The van der Waals surface area contributed by atoms with Crippen molar-refractivity contribution in [2.45, 2.75) is 208 Å². The zero-order valence-electron chi connectivity index (χ0n) is 38.6. The van der Waals surface area contributed by atoms with Crippen LogP contribution in [-0.2, 0) is 43.1 Å². The monoisotopic (exact) mass is 865 g/mol. The fraction of sp³-hybridized carbons (Fsp3) is 0.739. The summed E-state index contributed by atoms with van der Waals surface area (Å²) in [7, 11) is -8.26. The van der Waals surface area contributed by atoms with E-state index in [4.69, 9.17) is 9.47 Å². The largest absolute Gasteiger partial charge is 0.493 e. The van der Waals surface area contributed by atoms with Gasteiger partial charge in [-0.25, -0.2) is 0 Å². The Balaban J connectivity index is 0.00000108. The van der Waals surface area contributed by atoms with E-state index in [0.717, 1.165) is 46.6 Å². The Morgan fingerprint density at radius 3 is 0.877 bits per heavy atom. The topological polar surface area (TPSA) is 134 Å². The molecule has 0 aliphatic carbocycles. The maximum Gasteiger partial charge on any atom is 0.329 e. The zero-order valence-corrected chi connectivity index (χ0v) is 42.6. The van der Waals surface area contributed by atoms with Gasteiger partial charge in [-0.05, 0) is 45.6 Å². The summed E-state index contributed by atoms with van der Waals surface area (Å²) in [6.07, 6.45) is 14.1. The van der Waals surface area contributed by atoms with Crippen LogP contribution in [0.5, 0.6) is 11.5 Å². The summed E-state index contributed by atoms with van der Waals surface area (Å²) >= 11 is 0. The van der Waals surface area contributed by atoms with Gasteiger partial charge in [-0.2, -0.15) is 0 Å². The number of unbranched alkanes of at least 4 members (excludes halogenated alkanes) is 10. The second-order valence-corrected chi connectivity index (χ2v) is 23.2. The van der Waals surface area contributed by atoms with Gasteiger partial charge in [-0.3, -0.25) is 9.13 Å². The van der Waals surface area contributed by atoms with E-state index in [-0.39, 0.29) is 71.7 Å². The van der Waals surface area contributed by atoms with Gasteiger partial charge in [0.1, 0.15) is 11.5 Å². The fourth-order valence-corrected chi connectivity index (χ4v) is 8.00. The Bertz CT molecular complexity index is 1380. The van der Waals surface area contributed by atoms with E-state index in [1.807, 2.05) is 24.3 Å². The quantitative estimate of drug-likeness (QED) is 0.0587. The zero-order chi connectivity index (χ0) is 43.2. The SMILES string of the molecule is CCCCCCCCOc1c(C(C)(C)C)cc(CP(=O)(O)O)cc1C(C)(C)C.CCCCCCCCOc1c(C(C)(C)C)cc(CP(=O)(O)O)cc1C(C)(C)C.[Ca]. The fourth-order valence-electron chi connectivity index (χ4n) is 6.69. The number of hydrogen-bond acceptors (Lipinski definition) is 4. The first-order valence-corrected chi connectivity index (χ1v) is 24.8. The van der Waals surface area contributed by atoms with Gasteiger partial charge in [-0.1, -0.05) is 185 Å². The summed E-state index contributed by atoms with van der Waals surface area (Å²) in [5.74, 6) is 1.78. The van der Waals surface area contributed by atoms with Crippen LogP contribution in [0.25, 0.3) is 0 Å². The Morgan fingerprint density at radius 2 is 0.667 bits per heavy atom. The van der Waals surface area contributed by atoms with Crippen LogP contribution in [0.2, 0.25) is 0 Å². The molecule has 0 unspecified atom stereocenters. The van der Waals surface area contributed by atoms with Crippen molar-refractivity contribution in [3.8, 4) is 11.5 Å². The molecule has 0 spiro atoms. The van der Waals surface area contributed by atoms with Gasteiger partial charge in [0.05, 0.1) is 25.5 Å². The van der Waals surface area contributed by atoms with Gasteiger partial charge in [0.15, 0.2) is 0 Å². The van der Waals surface area contributed by atoms with E-state index >= 15 is 0 Å². The molecule has 0 aliphatic rings. The average molecular weight is 865 g/mol.